The number of H-pyrrole nitrogens is 1. The number of fused-ring (bicyclic) bond motifs is 1. The van der Waals surface area contributed by atoms with E-state index in [9.17, 15) is 8.42 Å². The van der Waals surface area contributed by atoms with E-state index in [1.807, 2.05) is 0 Å². The third-order valence-electron chi connectivity index (χ3n) is 5.82. The first-order valence-corrected chi connectivity index (χ1v) is 12.7. The van der Waals surface area contributed by atoms with Crippen LogP contribution in [0.5, 0.6) is 0 Å². The van der Waals surface area contributed by atoms with E-state index in [0.29, 0.717) is 19.6 Å². The molecule has 7 nitrogen and oxygen atoms in total. The van der Waals surface area contributed by atoms with E-state index in [4.69, 9.17) is 4.99 Å². The van der Waals surface area contributed by atoms with Crippen LogP contribution in [0.2, 0.25) is 0 Å². The van der Waals surface area contributed by atoms with Gasteiger partial charge in [0.05, 0.1) is 5.75 Å². The standard InChI is InChI=1S/C22H35N5O2S/c1-4-17-8-7-9-20-18(16-25-21(17)20)10-13-24-22(23-5-2)26-19-11-14-27(15-12-19)30(28,29)6-3/h7-9,16,19,25H,4-6,10-15H2,1-3H3,(H2,23,24,26). The number of aliphatic imine (C=N–C) groups is 1. The molecule has 0 radical (unpaired) electrons. The molecular formula is C22H35N5O2S. The van der Waals surface area contributed by atoms with Crippen molar-refractivity contribution in [1.82, 2.24) is 19.9 Å². The number of nitrogens with zero attached hydrogens (tertiary/aromatic N) is 2. The maximum Gasteiger partial charge on any atom is 0.213 e. The first-order chi connectivity index (χ1) is 14.5. The number of aryl methyl sites for hydroxylation is 1. The predicted molar refractivity (Wildman–Crippen MR) is 125 cm³/mol. The molecule has 0 atom stereocenters. The number of hydrogen-bond acceptors (Lipinski definition) is 3. The maximum atomic E-state index is 12.0. The van der Waals surface area contributed by atoms with Crippen LogP contribution in [-0.4, -0.2) is 61.6 Å². The van der Waals surface area contributed by atoms with Gasteiger partial charge in [-0.15, -0.1) is 0 Å². The molecule has 8 heteroatoms. The molecule has 0 spiro atoms. The molecule has 0 bridgehead atoms. The molecule has 1 fully saturated rings. The summed E-state index contributed by atoms with van der Waals surface area (Å²) >= 11 is 0. The Balaban J connectivity index is 1.58. The van der Waals surface area contributed by atoms with Crippen LogP contribution in [0, 0.1) is 0 Å². The van der Waals surface area contributed by atoms with E-state index in [1.54, 1.807) is 11.2 Å². The molecule has 1 aromatic heterocycles. The minimum atomic E-state index is -3.09. The second-order valence-electron chi connectivity index (χ2n) is 7.74. The zero-order valence-corrected chi connectivity index (χ0v) is 19.2. The summed E-state index contributed by atoms with van der Waals surface area (Å²) in [5.74, 6) is 0.978. The monoisotopic (exact) mass is 433 g/mol. The van der Waals surface area contributed by atoms with Gasteiger partial charge in [0.2, 0.25) is 10.0 Å². The van der Waals surface area contributed by atoms with Crippen molar-refractivity contribution in [2.45, 2.75) is 52.5 Å². The van der Waals surface area contributed by atoms with Crippen molar-refractivity contribution in [2.24, 2.45) is 4.99 Å². The Bertz CT molecular complexity index is 959. The zero-order chi connectivity index (χ0) is 21.6. The molecule has 2 heterocycles. The van der Waals surface area contributed by atoms with E-state index in [0.717, 1.165) is 38.2 Å². The van der Waals surface area contributed by atoms with Crippen molar-refractivity contribution in [1.29, 1.82) is 0 Å². The van der Waals surface area contributed by atoms with Crippen LogP contribution >= 0.6 is 0 Å². The van der Waals surface area contributed by atoms with Crippen LogP contribution in [0.15, 0.2) is 29.4 Å². The number of benzene rings is 1. The molecule has 3 N–H and O–H groups in total. The highest BCUT2D eigenvalue weighted by molar-refractivity contribution is 7.89. The number of hydrogen-bond donors (Lipinski definition) is 3. The smallest absolute Gasteiger partial charge is 0.213 e. The van der Waals surface area contributed by atoms with Crippen LogP contribution < -0.4 is 10.6 Å². The molecule has 1 aliphatic rings. The Labute approximate surface area is 180 Å². The van der Waals surface area contributed by atoms with Crippen molar-refractivity contribution in [3.8, 4) is 0 Å². The van der Waals surface area contributed by atoms with Gasteiger partial charge in [0.1, 0.15) is 0 Å². The van der Waals surface area contributed by atoms with Crippen molar-refractivity contribution >= 4 is 26.9 Å². The summed E-state index contributed by atoms with van der Waals surface area (Å²) in [6.07, 6.45) is 5.58. The lowest BCUT2D eigenvalue weighted by molar-refractivity contribution is 0.306. The molecule has 0 amide bonds. The van der Waals surface area contributed by atoms with E-state index >= 15 is 0 Å². The third-order valence-corrected chi connectivity index (χ3v) is 7.70. The lowest BCUT2D eigenvalue weighted by atomic mass is 10.1. The molecule has 2 aromatic rings. The first-order valence-electron chi connectivity index (χ1n) is 11.1. The summed E-state index contributed by atoms with van der Waals surface area (Å²) in [5.41, 5.74) is 3.87. The molecule has 166 valence electrons. The van der Waals surface area contributed by atoms with Gasteiger partial charge in [-0.25, -0.2) is 12.7 Å². The van der Waals surface area contributed by atoms with Gasteiger partial charge in [0, 0.05) is 49.3 Å². The molecule has 0 aliphatic carbocycles. The fourth-order valence-corrected chi connectivity index (χ4v) is 5.17. The van der Waals surface area contributed by atoms with E-state index in [1.165, 1.54) is 22.0 Å². The Morgan fingerprint density at radius 3 is 2.63 bits per heavy atom. The van der Waals surface area contributed by atoms with E-state index in [-0.39, 0.29) is 11.8 Å². The van der Waals surface area contributed by atoms with Gasteiger partial charge in [-0.3, -0.25) is 4.99 Å². The summed E-state index contributed by atoms with van der Waals surface area (Å²) < 4.78 is 25.7. The number of sulfonamides is 1. The minimum absolute atomic E-state index is 0.169. The van der Waals surface area contributed by atoms with Crippen molar-refractivity contribution in [2.75, 3.05) is 31.9 Å². The van der Waals surface area contributed by atoms with Crippen LogP contribution in [0.3, 0.4) is 0 Å². The number of nitrogens with one attached hydrogen (secondary N) is 3. The van der Waals surface area contributed by atoms with Gasteiger partial charge < -0.3 is 15.6 Å². The molecule has 3 rings (SSSR count). The van der Waals surface area contributed by atoms with Gasteiger partial charge >= 0.3 is 0 Å². The van der Waals surface area contributed by atoms with Crippen LogP contribution in [0.25, 0.3) is 10.9 Å². The zero-order valence-electron chi connectivity index (χ0n) is 18.4. The quantitative estimate of drug-likeness (QED) is 0.441. The fourth-order valence-electron chi connectivity index (χ4n) is 4.04. The average molecular weight is 434 g/mol. The molecule has 1 aromatic carbocycles. The van der Waals surface area contributed by atoms with Gasteiger partial charge in [-0.05, 0) is 50.7 Å². The molecule has 0 saturated carbocycles. The van der Waals surface area contributed by atoms with Gasteiger partial charge in [-0.2, -0.15) is 0 Å². The fraction of sp³-hybridized carbons (Fsp3) is 0.591. The maximum absolute atomic E-state index is 12.0. The number of rotatable bonds is 8. The Morgan fingerprint density at radius 2 is 1.97 bits per heavy atom. The number of para-hydroxylation sites is 1. The van der Waals surface area contributed by atoms with E-state index < -0.39 is 10.0 Å². The third kappa shape index (κ3) is 5.35. The molecule has 0 unspecified atom stereocenters. The van der Waals surface area contributed by atoms with Gasteiger partial charge in [0.25, 0.3) is 0 Å². The van der Waals surface area contributed by atoms with Crippen molar-refractivity contribution in [3.63, 3.8) is 0 Å². The summed E-state index contributed by atoms with van der Waals surface area (Å²) in [7, 11) is -3.09. The minimum Gasteiger partial charge on any atom is -0.361 e. The molecule has 1 aliphatic heterocycles. The van der Waals surface area contributed by atoms with Crippen LogP contribution in [0.1, 0.15) is 44.7 Å². The van der Waals surface area contributed by atoms with Crippen molar-refractivity contribution < 1.29 is 8.42 Å². The van der Waals surface area contributed by atoms with Crippen LogP contribution in [-0.2, 0) is 22.9 Å². The Kier molecular flexibility index (Phi) is 7.77. The molecule has 1 saturated heterocycles. The number of aromatic amines is 1. The average Bonchev–Trinajstić information content (AvgIpc) is 3.17. The Hall–Kier alpha value is -2.06. The summed E-state index contributed by atoms with van der Waals surface area (Å²) in [4.78, 5) is 8.19. The normalized spacial score (nSPS) is 16.8. The number of aromatic nitrogens is 1. The first kappa shape index (κ1) is 22.6. The van der Waals surface area contributed by atoms with Gasteiger partial charge in [-0.1, -0.05) is 25.1 Å². The largest absolute Gasteiger partial charge is 0.361 e. The Morgan fingerprint density at radius 1 is 1.20 bits per heavy atom. The SMILES string of the molecule is CCNC(=NCCc1c[nH]c2c(CC)cccc12)NC1CCN(S(=O)(=O)CC)CC1. The topological polar surface area (TPSA) is 89.6 Å². The van der Waals surface area contributed by atoms with Crippen LogP contribution in [0.4, 0.5) is 0 Å². The number of piperidine rings is 1. The van der Waals surface area contributed by atoms with Gasteiger partial charge in [0.15, 0.2) is 5.96 Å². The summed E-state index contributed by atoms with van der Waals surface area (Å²) in [6.45, 7) is 8.57. The highest BCUT2D eigenvalue weighted by atomic mass is 32.2. The second kappa shape index (κ2) is 10.3. The van der Waals surface area contributed by atoms with Crippen molar-refractivity contribution in [3.05, 3.63) is 35.5 Å². The van der Waals surface area contributed by atoms with E-state index in [2.05, 4.69) is 53.9 Å². The summed E-state index contributed by atoms with van der Waals surface area (Å²) in [6, 6.07) is 6.71. The number of guanidine groups is 1. The molecular weight excluding hydrogens is 398 g/mol. The second-order valence-corrected chi connectivity index (χ2v) is 9.99. The summed E-state index contributed by atoms with van der Waals surface area (Å²) in [5, 5.41) is 8.09. The predicted octanol–water partition coefficient (Wildman–Crippen LogP) is 2.64. The lowest BCUT2D eigenvalue weighted by Crippen LogP contribution is -2.50. The highest BCUT2D eigenvalue weighted by Crippen LogP contribution is 2.22. The lowest BCUT2D eigenvalue weighted by Gasteiger charge is -2.32. The highest BCUT2D eigenvalue weighted by Gasteiger charge is 2.27. The molecule has 30 heavy (non-hydrogen) atoms.